The number of hydrogen-bond acceptors (Lipinski definition) is 5. The summed E-state index contributed by atoms with van der Waals surface area (Å²) in [5.74, 6) is 0.214. The number of rotatable bonds is 4. The molecule has 1 fully saturated rings. The number of Topliss-reactive ketones (excluding diaryl/α,β-unsaturated/α-hetero) is 1. The third-order valence-electron chi connectivity index (χ3n) is 3.46. The van der Waals surface area contributed by atoms with E-state index in [2.05, 4.69) is 9.97 Å². The second-order valence-electron chi connectivity index (χ2n) is 4.80. The average Bonchev–Trinajstić information content (AvgIpc) is 3.10. The van der Waals surface area contributed by atoms with Crippen molar-refractivity contribution in [2.24, 2.45) is 0 Å². The molecule has 0 bridgehead atoms. The van der Waals surface area contributed by atoms with Gasteiger partial charge in [0.1, 0.15) is 0 Å². The van der Waals surface area contributed by atoms with Gasteiger partial charge in [0.05, 0.1) is 17.3 Å². The molecule has 0 aliphatic carbocycles. The zero-order valence-electron chi connectivity index (χ0n) is 10.8. The molecule has 0 N–H and O–H groups in total. The monoisotopic (exact) mass is 291 g/mol. The van der Waals surface area contributed by atoms with Crippen molar-refractivity contribution in [1.82, 2.24) is 9.97 Å². The number of ketones is 1. The minimum absolute atomic E-state index is 0.107. The van der Waals surface area contributed by atoms with Gasteiger partial charge in [0, 0.05) is 19.0 Å². The Morgan fingerprint density at radius 1 is 1.45 bits per heavy atom. The molecule has 1 atom stereocenters. The molecule has 3 rings (SSSR count). The molecule has 0 aromatic carbocycles. The van der Waals surface area contributed by atoms with E-state index in [1.54, 1.807) is 0 Å². The van der Waals surface area contributed by atoms with Crippen molar-refractivity contribution in [2.75, 3.05) is 11.4 Å². The predicted molar refractivity (Wildman–Crippen MR) is 75.6 cm³/mol. The van der Waals surface area contributed by atoms with Crippen molar-refractivity contribution in [1.29, 1.82) is 0 Å². The van der Waals surface area contributed by atoms with Crippen molar-refractivity contribution < 1.29 is 9.18 Å². The average molecular weight is 291 g/mol. The number of carbonyl (C=O) groups excluding carboxylic acids is 1. The fourth-order valence-electron chi connectivity index (χ4n) is 2.52. The van der Waals surface area contributed by atoms with Gasteiger partial charge in [-0.15, -0.1) is 11.3 Å². The summed E-state index contributed by atoms with van der Waals surface area (Å²) in [6.45, 7) is 0.814. The van der Waals surface area contributed by atoms with E-state index >= 15 is 0 Å². The maximum Gasteiger partial charge on any atom is 0.225 e. The van der Waals surface area contributed by atoms with Crippen LogP contribution in [0, 0.1) is 5.82 Å². The number of carbonyl (C=O) groups is 1. The molecule has 20 heavy (non-hydrogen) atoms. The Bertz CT molecular complexity index is 585. The van der Waals surface area contributed by atoms with Crippen LogP contribution in [-0.4, -0.2) is 28.3 Å². The maximum absolute atomic E-state index is 12.9. The molecule has 2 aromatic rings. The second kappa shape index (κ2) is 5.66. The van der Waals surface area contributed by atoms with Gasteiger partial charge in [-0.1, -0.05) is 6.07 Å². The normalized spacial score (nSPS) is 18.4. The fourth-order valence-corrected chi connectivity index (χ4v) is 3.19. The van der Waals surface area contributed by atoms with Gasteiger partial charge in [0.25, 0.3) is 0 Å². The van der Waals surface area contributed by atoms with E-state index in [-0.39, 0.29) is 11.8 Å². The van der Waals surface area contributed by atoms with Gasteiger partial charge in [-0.25, -0.2) is 14.4 Å². The summed E-state index contributed by atoms with van der Waals surface area (Å²) in [5, 5.41) is 1.91. The lowest BCUT2D eigenvalue weighted by Gasteiger charge is -2.23. The van der Waals surface area contributed by atoms with Crippen LogP contribution in [0.15, 0.2) is 29.9 Å². The van der Waals surface area contributed by atoms with Gasteiger partial charge in [-0.05, 0) is 24.3 Å². The lowest BCUT2D eigenvalue weighted by Crippen LogP contribution is -2.32. The van der Waals surface area contributed by atoms with E-state index in [1.807, 2.05) is 22.4 Å². The summed E-state index contributed by atoms with van der Waals surface area (Å²) in [6.07, 6.45) is 4.74. The first-order valence-corrected chi connectivity index (χ1v) is 7.43. The van der Waals surface area contributed by atoms with Gasteiger partial charge >= 0.3 is 0 Å². The van der Waals surface area contributed by atoms with Crippen LogP contribution in [-0.2, 0) is 0 Å². The SMILES string of the molecule is O=C(C[C@H]1CCCN1c1ncc(F)cn1)c1cccs1. The van der Waals surface area contributed by atoms with Crippen LogP contribution in [0.3, 0.4) is 0 Å². The van der Waals surface area contributed by atoms with Crippen LogP contribution in [0.4, 0.5) is 10.3 Å². The molecule has 1 aliphatic rings. The van der Waals surface area contributed by atoms with Gasteiger partial charge in [0.15, 0.2) is 11.6 Å². The molecule has 0 saturated carbocycles. The van der Waals surface area contributed by atoms with Gasteiger partial charge in [-0.2, -0.15) is 0 Å². The zero-order chi connectivity index (χ0) is 13.9. The smallest absolute Gasteiger partial charge is 0.225 e. The van der Waals surface area contributed by atoms with Gasteiger partial charge in [-0.3, -0.25) is 4.79 Å². The van der Waals surface area contributed by atoms with E-state index in [0.29, 0.717) is 12.4 Å². The lowest BCUT2D eigenvalue weighted by molar-refractivity contribution is 0.0978. The minimum Gasteiger partial charge on any atom is -0.337 e. The summed E-state index contributed by atoms with van der Waals surface area (Å²) >= 11 is 1.46. The number of halogens is 1. The number of anilines is 1. The van der Waals surface area contributed by atoms with Gasteiger partial charge in [0.2, 0.25) is 5.95 Å². The number of nitrogens with zero attached hydrogens (tertiary/aromatic N) is 3. The molecule has 2 aromatic heterocycles. The first-order chi connectivity index (χ1) is 9.74. The molecule has 1 aliphatic heterocycles. The van der Waals surface area contributed by atoms with Crippen LogP contribution >= 0.6 is 11.3 Å². The number of thiophene rings is 1. The van der Waals surface area contributed by atoms with E-state index in [9.17, 15) is 9.18 Å². The predicted octanol–water partition coefficient (Wildman–Crippen LogP) is 2.92. The van der Waals surface area contributed by atoms with Crippen molar-refractivity contribution in [3.05, 3.63) is 40.6 Å². The van der Waals surface area contributed by atoms with Crippen molar-refractivity contribution >= 4 is 23.1 Å². The topological polar surface area (TPSA) is 46.1 Å². The molecule has 104 valence electrons. The third-order valence-corrected chi connectivity index (χ3v) is 4.37. The first kappa shape index (κ1) is 13.2. The number of hydrogen-bond donors (Lipinski definition) is 0. The van der Waals surface area contributed by atoms with Crippen LogP contribution in [0.1, 0.15) is 28.9 Å². The van der Waals surface area contributed by atoms with E-state index in [0.717, 1.165) is 24.3 Å². The summed E-state index contributed by atoms with van der Waals surface area (Å²) in [4.78, 5) is 23.0. The van der Waals surface area contributed by atoms with E-state index in [4.69, 9.17) is 0 Å². The maximum atomic E-state index is 12.9. The summed E-state index contributed by atoms with van der Waals surface area (Å²) < 4.78 is 12.9. The summed E-state index contributed by atoms with van der Waals surface area (Å²) in [5.41, 5.74) is 0. The Labute approximate surface area is 120 Å². The highest BCUT2D eigenvalue weighted by Gasteiger charge is 2.29. The molecular weight excluding hydrogens is 277 g/mol. The Morgan fingerprint density at radius 3 is 2.95 bits per heavy atom. The highest BCUT2D eigenvalue weighted by atomic mass is 32.1. The molecule has 0 radical (unpaired) electrons. The molecule has 0 unspecified atom stereocenters. The molecule has 4 nitrogen and oxygen atoms in total. The Balaban J connectivity index is 1.72. The quantitative estimate of drug-likeness (QED) is 0.813. The van der Waals surface area contributed by atoms with E-state index in [1.165, 1.54) is 23.7 Å². The fraction of sp³-hybridized carbons (Fsp3) is 0.357. The molecule has 6 heteroatoms. The largest absolute Gasteiger partial charge is 0.337 e. The Morgan fingerprint density at radius 2 is 2.25 bits per heavy atom. The van der Waals surface area contributed by atoms with Gasteiger partial charge < -0.3 is 4.90 Å². The second-order valence-corrected chi connectivity index (χ2v) is 5.74. The van der Waals surface area contributed by atoms with Crippen molar-refractivity contribution in [3.63, 3.8) is 0 Å². The minimum atomic E-state index is -0.445. The Kier molecular flexibility index (Phi) is 3.73. The molecule has 0 amide bonds. The number of aromatic nitrogens is 2. The van der Waals surface area contributed by atoms with Crippen LogP contribution < -0.4 is 4.90 Å². The summed E-state index contributed by atoms with van der Waals surface area (Å²) in [6, 6.07) is 3.84. The Hall–Kier alpha value is -1.82. The highest BCUT2D eigenvalue weighted by molar-refractivity contribution is 7.12. The van der Waals surface area contributed by atoms with Crippen LogP contribution in [0.25, 0.3) is 0 Å². The molecule has 0 spiro atoms. The standard InChI is InChI=1S/C14H14FN3OS/c15-10-8-16-14(17-9-10)18-5-1-3-11(18)7-12(19)13-4-2-6-20-13/h2,4,6,8-9,11H,1,3,5,7H2/t11-/m1/s1. The summed E-state index contributed by atoms with van der Waals surface area (Å²) in [7, 11) is 0. The van der Waals surface area contributed by atoms with Crippen LogP contribution in [0.5, 0.6) is 0 Å². The van der Waals surface area contributed by atoms with Crippen molar-refractivity contribution in [2.45, 2.75) is 25.3 Å². The molecule has 3 heterocycles. The molecular formula is C14H14FN3OS. The highest BCUT2D eigenvalue weighted by Crippen LogP contribution is 2.26. The third kappa shape index (κ3) is 2.70. The van der Waals surface area contributed by atoms with Crippen LogP contribution in [0.2, 0.25) is 0 Å². The molecule has 1 saturated heterocycles. The lowest BCUT2D eigenvalue weighted by atomic mass is 10.1. The van der Waals surface area contributed by atoms with E-state index < -0.39 is 5.82 Å². The van der Waals surface area contributed by atoms with Crippen molar-refractivity contribution in [3.8, 4) is 0 Å². The zero-order valence-corrected chi connectivity index (χ0v) is 11.6. The first-order valence-electron chi connectivity index (χ1n) is 6.55.